The number of ether oxygens (including phenoxy) is 1. The molecule has 0 spiro atoms. The summed E-state index contributed by atoms with van der Waals surface area (Å²) in [5, 5.41) is 12.3. The van der Waals surface area contributed by atoms with Gasteiger partial charge in [-0.15, -0.1) is 0 Å². The molecular formula is C30H34ClN5O4. The molecule has 0 aliphatic carbocycles. The van der Waals surface area contributed by atoms with Gasteiger partial charge in [-0.2, -0.15) is 0 Å². The summed E-state index contributed by atoms with van der Waals surface area (Å²) < 4.78 is 5.96. The molecule has 0 aliphatic heterocycles. The molecule has 9 nitrogen and oxygen atoms in total. The molecule has 210 valence electrons. The molecule has 1 atom stereocenters. The van der Waals surface area contributed by atoms with Crippen LogP contribution in [0.3, 0.4) is 0 Å². The minimum atomic E-state index is -0.434. The van der Waals surface area contributed by atoms with Crippen molar-refractivity contribution in [1.82, 2.24) is 15.4 Å². The molecule has 1 heterocycles. The average Bonchev–Trinajstić information content (AvgIpc) is 3.35. The molecule has 4 aromatic rings. The van der Waals surface area contributed by atoms with E-state index < -0.39 is 5.91 Å². The van der Waals surface area contributed by atoms with Gasteiger partial charge in [-0.3, -0.25) is 14.8 Å². The smallest absolute Gasteiger partial charge is 0.255 e. The SMILES string of the molecule is CC(CC(C)(C)COc1cccc(C(=O)Nc2ccc(Cl)c(-c3nc4ccc(N(C)C)cc4[nH]3)c2)c1)C(=O)NO. The number of imidazole rings is 1. The molecule has 1 aromatic heterocycles. The lowest BCUT2D eigenvalue weighted by molar-refractivity contribution is -0.134. The van der Waals surface area contributed by atoms with Gasteiger partial charge in [-0.25, -0.2) is 10.5 Å². The lowest BCUT2D eigenvalue weighted by atomic mass is 9.84. The number of carbonyl (C=O) groups is 2. The number of hydrogen-bond donors (Lipinski definition) is 4. The zero-order chi connectivity index (χ0) is 29.0. The number of amides is 2. The highest BCUT2D eigenvalue weighted by Crippen LogP contribution is 2.32. The molecule has 3 aromatic carbocycles. The molecule has 0 saturated carbocycles. The molecule has 0 radical (unpaired) electrons. The van der Waals surface area contributed by atoms with Crippen molar-refractivity contribution in [3.05, 3.63) is 71.2 Å². The molecule has 10 heteroatoms. The van der Waals surface area contributed by atoms with E-state index in [1.54, 1.807) is 54.9 Å². The highest BCUT2D eigenvalue weighted by molar-refractivity contribution is 6.33. The predicted molar refractivity (Wildman–Crippen MR) is 158 cm³/mol. The first kappa shape index (κ1) is 28.9. The van der Waals surface area contributed by atoms with Crippen LogP contribution in [0.4, 0.5) is 11.4 Å². The van der Waals surface area contributed by atoms with Gasteiger partial charge in [0.1, 0.15) is 11.6 Å². The van der Waals surface area contributed by atoms with Crippen molar-refractivity contribution < 1.29 is 19.5 Å². The van der Waals surface area contributed by atoms with Crippen LogP contribution in [0.1, 0.15) is 37.6 Å². The Kier molecular flexibility index (Phi) is 8.66. The van der Waals surface area contributed by atoms with Crippen molar-refractivity contribution in [2.45, 2.75) is 27.2 Å². The first-order valence-electron chi connectivity index (χ1n) is 12.9. The van der Waals surface area contributed by atoms with Crippen LogP contribution in [-0.2, 0) is 4.79 Å². The zero-order valence-electron chi connectivity index (χ0n) is 23.2. The number of rotatable bonds is 10. The van der Waals surface area contributed by atoms with E-state index in [9.17, 15) is 9.59 Å². The maximum atomic E-state index is 13.1. The van der Waals surface area contributed by atoms with E-state index in [1.165, 1.54) is 0 Å². The van der Waals surface area contributed by atoms with Gasteiger partial charge in [-0.1, -0.05) is 38.4 Å². The van der Waals surface area contributed by atoms with Crippen molar-refractivity contribution in [2.75, 3.05) is 30.9 Å². The Bertz CT molecular complexity index is 1530. The molecule has 0 saturated heterocycles. The van der Waals surface area contributed by atoms with Gasteiger partial charge in [-0.05, 0) is 66.4 Å². The van der Waals surface area contributed by atoms with Crippen molar-refractivity contribution in [3.8, 4) is 17.1 Å². The molecule has 0 bridgehead atoms. The second-order valence-electron chi connectivity index (χ2n) is 10.9. The summed E-state index contributed by atoms with van der Waals surface area (Å²) >= 11 is 6.51. The number of carbonyl (C=O) groups excluding carboxylic acids is 2. The normalized spacial score (nSPS) is 12.2. The van der Waals surface area contributed by atoms with Crippen molar-refractivity contribution in [1.29, 1.82) is 0 Å². The van der Waals surface area contributed by atoms with Crippen LogP contribution in [-0.4, -0.2) is 47.7 Å². The van der Waals surface area contributed by atoms with Crippen molar-refractivity contribution >= 4 is 45.8 Å². The topological polar surface area (TPSA) is 120 Å². The fraction of sp³-hybridized carbons (Fsp3) is 0.300. The molecule has 1 unspecified atom stereocenters. The molecular weight excluding hydrogens is 530 g/mol. The van der Waals surface area contributed by atoms with Gasteiger partial charge in [0, 0.05) is 42.5 Å². The summed E-state index contributed by atoms with van der Waals surface area (Å²) in [7, 11) is 3.96. The van der Waals surface area contributed by atoms with E-state index in [-0.39, 0.29) is 17.2 Å². The fourth-order valence-corrected chi connectivity index (χ4v) is 4.69. The minimum Gasteiger partial charge on any atom is -0.493 e. The van der Waals surface area contributed by atoms with Crippen LogP contribution in [0, 0.1) is 11.3 Å². The highest BCUT2D eigenvalue weighted by Gasteiger charge is 2.26. The number of hydroxylamine groups is 1. The number of hydrogen-bond acceptors (Lipinski definition) is 6. The molecule has 4 N–H and O–H groups in total. The minimum absolute atomic E-state index is 0.300. The Morgan fingerprint density at radius 2 is 1.90 bits per heavy atom. The maximum absolute atomic E-state index is 13.1. The van der Waals surface area contributed by atoms with Gasteiger partial charge in [0.2, 0.25) is 5.91 Å². The molecule has 0 fully saturated rings. The number of H-pyrrole nitrogens is 1. The van der Waals surface area contributed by atoms with Crippen LogP contribution in [0.5, 0.6) is 5.75 Å². The summed E-state index contributed by atoms with van der Waals surface area (Å²) in [5.41, 5.74) is 5.78. The second-order valence-corrected chi connectivity index (χ2v) is 11.3. The van der Waals surface area contributed by atoms with Gasteiger partial charge >= 0.3 is 0 Å². The van der Waals surface area contributed by atoms with Crippen molar-refractivity contribution in [3.63, 3.8) is 0 Å². The van der Waals surface area contributed by atoms with Crippen LogP contribution < -0.4 is 20.4 Å². The van der Waals surface area contributed by atoms with E-state index in [4.69, 9.17) is 21.5 Å². The van der Waals surface area contributed by atoms with E-state index in [0.717, 1.165) is 16.7 Å². The van der Waals surface area contributed by atoms with Crippen molar-refractivity contribution in [2.24, 2.45) is 11.3 Å². The first-order valence-corrected chi connectivity index (χ1v) is 13.3. The van der Waals surface area contributed by atoms with E-state index >= 15 is 0 Å². The van der Waals surface area contributed by atoms with Crippen LogP contribution in [0.2, 0.25) is 5.02 Å². The summed E-state index contributed by atoms with van der Waals surface area (Å²) in [6, 6.07) is 18.1. The van der Waals surface area contributed by atoms with Gasteiger partial charge in [0.25, 0.3) is 5.91 Å². The average molecular weight is 564 g/mol. The molecule has 40 heavy (non-hydrogen) atoms. The number of halogens is 1. The number of nitrogens with zero attached hydrogens (tertiary/aromatic N) is 2. The maximum Gasteiger partial charge on any atom is 0.255 e. The molecule has 2 amide bonds. The number of anilines is 2. The standard InChI is InChI=1S/C30H34ClN5O4/c1-18(28(37)35-39)16-30(2,3)17-40-22-8-6-7-19(13-22)29(38)32-20-9-11-24(31)23(14-20)27-33-25-12-10-21(36(4)5)15-26(25)34-27/h6-15,18,39H,16-17H2,1-5H3,(H,32,38)(H,33,34)(H,35,37). The van der Waals surface area contributed by atoms with Gasteiger partial charge in [0.15, 0.2) is 0 Å². The third-order valence-corrected chi connectivity index (χ3v) is 6.93. The van der Waals surface area contributed by atoms with E-state index in [1.807, 2.05) is 51.0 Å². The lowest BCUT2D eigenvalue weighted by Gasteiger charge is -2.27. The summed E-state index contributed by atoms with van der Waals surface area (Å²) in [6.45, 7) is 6.03. The second kappa shape index (κ2) is 12.0. The largest absolute Gasteiger partial charge is 0.493 e. The molecule has 0 aliphatic rings. The highest BCUT2D eigenvalue weighted by atomic mass is 35.5. The molecule has 4 rings (SSSR count). The monoisotopic (exact) mass is 563 g/mol. The predicted octanol–water partition coefficient (Wildman–Crippen LogP) is 6.14. The van der Waals surface area contributed by atoms with E-state index in [0.29, 0.717) is 46.4 Å². The number of aromatic amines is 1. The quantitative estimate of drug-likeness (QED) is 0.136. The number of aromatic nitrogens is 2. The summed E-state index contributed by atoms with van der Waals surface area (Å²) in [5.74, 6) is 0.0364. The lowest BCUT2D eigenvalue weighted by Crippen LogP contribution is -2.32. The first-order chi connectivity index (χ1) is 19.0. The number of nitrogens with one attached hydrogen (secondary N) is 3. The van der Waals surface area contributed by atoms with Gasteiger partial charge < -0.3 is 19.9 Å². The Morgan fingerprint density at radius 3 is 2.62 bits per heavy atom. The van der Waals surface area contributed by atoms with E-state index in [2.05, 4.69) is 15.3 Å². The Hall–Kier alpha value is -4.08. The number of benzene rings is 3. The Balaban J connectivity index is 1.46. The third-order valence-electron chi connectivity index (χ3n) is 6.60. The van der Waals surface area contributed by atoms with Crippen LogP contribution in [0.25, 0.3) is 22.4 Å². The Morgan fingerprint density at radius 1 is 1.12 bits per heavy atom. The van der Waals surface area contributed by atoms with Gasteiger partial charge in [0.05, 0.1) is 22.7 Å². The number of fused-ring (bicyclic) bond motifs is 1. The summed E-state index contributed by atoms with van der Waals surface area (Å²) in [4.78, 5) is 34.8. The van der Waals surface area contributed by atoms with Crippen LogP contribution >= 0.6 is 11.6 Å². The fourth-order valence-electron chi connectivity index (χ4n) is 4.49. The third kappa shape index (κ3) is 6.91. The summed E-state index contributed by atoms with van der Waals surface area (Å²) in [6.07, 6.45) is 0.514. The zero-order valence-corrected chi connectivity index (χ0v) is 24.0. The Labute approximate surface area is 238 Å². The van der Waals surface area contributed by atoms with Crippen LogP contribution in [0.15, 0.2) is 60.7 Å².